The van der Waals surface area contributed by atoms with Crippen molar-refractivity contribution in [2.24, 2.45) is 0 Å². The van der Waals surface area contributed by atoms with Crippen molar-refractivity contribution in [2.45, 2.75) is 6.04 Å². The first kappa shape index (κ1) is 13.7. The Morgan fingerprint density at radius 2 is 2.16 bits per heavy atom. The fourth-order valence-electron chi connectivity index (χ4n) is 1.93. The number of amides is 1. The van der Waals surface area contributed by atoms with E-state index in [1.165, 1.54) is 16.7 Å². The number of carbonyl (C=O) groups is 2. The summed E-state index contributed by atoms with van der Waals surface area (Å²) < 4.78 is 0. The minimum Gasteiger partial charge on any atom is -0.480 e. The molecule has 0 bridgehead atoms. The van der Waals surface area contributed by atoms with Gasteiger partial charge in [0, 0.05) is 31.1 Å². The van der Waals surface area contributed by atoms with Crippen molar-refractivity contribution in [3.05, 3.63) is 29.8 Å². The summed E-state index contributed by atoms with van der Waals surface area (Å²) in [6, 6.07) is 6.49. The molecule has 1 aromatic rings. The predicted molar refractivity (Wildman–Crippen MR) is 75.7 cm³/mol. The molecule has 6 heteroatoms. The van der Waals surface area contributed by atoms with Crippen LogP contribution in [0.3, 0.4) is 0 Å². The fourth-order valence-corrected chi connectivity index (χ4v) is 3.08. The quantitative estimate of drug-likeness (QED) is 0.905. The summed E-state index contributed by atoms with van der Waals surface area (Å²) in [6.07, 6.45) is 0. The molecule has 19 heavy (non-hydrogen) atoms. The maximum absolute atomic E-state index is 12.4. The van der Waals surface area contributed by atoms with Gasteiger partial charge in [0.05, 0.1) is 5.88 Å². The van der Waals surface area contributed by atoms with Gasteiger partial charge < -0.3 is 14.9 Å². The number of hydrogen-bond acceptors (Lipinski definition) is 4. The molecule has 0 aromatic heterocycles. The van der Waals surface area contributed by atoms with Gasteiger partial charge in [0.1, 0.15) is 6.04 Å². The minimum absolute atomic E-state index is 0.221. The van der Waals surface area contributed by atoms with Crippen LogP contribution < -0.4 is 4.90 Å². The van der Waals surface area contributed by atoms with Crippen LogP contribution in [0, 0.1) is 0 Å². The number of hydrogen-bond donors (Lipinski definition) is 1. The molecule has 1 atom stereocenters. The third-order valence-corrected chi connectivity index (χ3v) is 4.05. The first-order valence-electron chi connectivity index (χ1n) is 5.89. The number of rotatable bonds is 3. The van der Waals surface area contributed by atoms with Crippen LogP contribution in [0.2, 0.25) is 0 Å². The summed E-state index contributed by atoms with van der Waals surface area (Å²) in [5.41, 5.74) is 1.45. The fraction of sp³-hybridized carbons (Fsp3) is 0.385. The molecule has 1 saturated heterocycles. The first-order chi connectivity index (χ1) is 9.00. The molecule has 0 spiro atoms. The summed E-state index contributed by atoms with van der Waals surface area (Å²) in [7, 11) is 3.80. The normalized spacial score (nSPS) is 18.4. The van der Waals surface area contributed by atoms with Gasteiger partial charge in [-0.3, -0.25) is 4.79 Å². The number of thioether (sulfide) groups is 1. The molecule has 5 nitrogen and oxygen atoms in total. The van der Waals surface area contributed by atoms with Gasteiger partial charge in [0.25, 0.3) is 5.91 Å². The zero-order valence-corrected chi connectivity index (χ0v) is 11.7. The highest BCUT2D eigenvalue weighted by molar-refractivity contribution is 7.99. The maximum Gasteiger partial charge on any atom is 0.327 e. The Balaban J connectivity index is 2.24. The predicted octanol–water partition coefficient (Wildman–Crippen LogP) is 1.35. The van der Waals surface area contributed by atoms with Crippen molar-refractivity contribution < 1.29 is 14.7 Å². The average molecular weight is 280 g/mol. The number of aliphatic carboxylic acids is 1. The molecule has 1 aromatic carbocycles. The van der Waals surface area contributed by atoms with Crippen molar-refractivity contribution in [1.82, 2.24) is 4.90 Å². The average Bonchev–Trinajstić information content (AvgIpc) is 2.87. The zero-order valence-electron chi connectivity index (χ0n) is 10.9. The molecule has 1 fully saturated rings. The maximum atomic E-state index is 12.4. The van der Waals surface area contributed by atoms with Crippen molar-refractivity contribution in [1.29, 1.82) is 0 Å². The molecule has 102 valence electrons. The van der Waals surface area contributed by atoms with Gasteiger partial charge in [-0.1, -0.05) is 6.07 Å². The van der Waals surface area contributed by atoms with Crippen molar-refractivity contribution in [3.8, 4) is 0 Å². The third kappa shape index (κ3) is 2.84. The smallest absolute Gasteiger partial charge is 0.327 e. The van der Waals surface area contributed by atoms with Crippen molar-refractivity contribution >= 4 is 29.3 Å². The molecule has 1 aliphatic rings. The lowest BCUT2D eigenvalue weighted by atomic mass is 10.1. The van der Waals surface area contributed by atoms with E-state index in [9.17, 15) is 9.59 Å². The highest BCUT2D eigenvalue weighted by atomic mass is 32.2. The zero-order chi connectivity index (χ0) is 14.0. The third-order valence-electron chi connectivity index (χ3n) is 3.04. The standard InChI is InChI=1S/C13H16N2O3S/c1-14(2)10-5-3-4-9(6-10)12(16)15-8-19-7-11(15)13(17)18/h3-6,11H,7-8H2,1-2H3,(H,17,18)/t11-/m0/s1. The van der Waals surface area contributed by atoms with Crippen molar-refractivity contribution in [2.75, 3.05) is 30.6 Å². The largest absolute Gasteiger partial charge is 0.480 e. The van der Waals surface area contributed by atoms with Gasteiger partial charge in [-0.15, -0.1) is 11.8 Å². The van der Waals surface area contributed by atoms with Crippen LogP contribution in [0.5, 0.6) is 0 Å². The summed E-state index contributed by atoms with van der Waals surface area (Å²) in [4.78, 5) is 26.8. The Morgan fingerprint density at radius 1 is 1.42 bits per heavy atom. The molecule has 1 N–H and O–H groups in total. The van der Waals surface area contributed by atoms with E-state index in [4.69, 9.17) is 5.11 Å². The van der Waals surface area contributed by atoms with Crippen LogP contribution >= 0.6 is 11.8 Å². The molecule has 2 rings (SSSR count). The molecule has 0 aliphatic carbocycles. The van der Waals surface area contributed by atoms with Crippen LogP contribution in [-0.2, 0) is 4.79 Å². The van der Waals surface area contributed by atoms with Gasteiger partial charge in [-0.25, -0.2) is 4.79 Å². The molecule has 0 saturated carbocycles. The van der Waals surface area contributed by atoms with E-state index in [1.54, 1.807) is 12.1 Å². The topological polar surface area (TPSA) is 60.9 Å². The van der Waals surface area contributed by atoms with Gasteiger partial charge >= 0.3 is 5.97 Å². The number of benzene rings is 1. The van der Waals surface area contributed by atoms with E-state index < -0.39 is 12.0 Å². The van der Waals surface area contributed by atoms with E-state index >= 15 is 0 Å². The summed E-state index contributed by atoms with van der Waals surface area (Å²) >= 11 is 1.47. The lowest BCUT2D eigenvalue weighted by molar-refractivity contribution is -0.140. The van der Waals surface area contributed by atoms with E-state index in [0.29, 0.717) is 17.2 Å². The number of anilines is 1. The lowest BCUT2D eigenvalue weighted by Gasteiger charge is -2.21. The van der Waals surface area contributed by atoms with Crippen LogP contribution in [0.4, 0.5) is 5.69 Å². The minimum atomic E-state index is -0.942. The van der Waals surface area contributed by atoms with Crippen molar-refractivity contribution in [3.63, 3.8) is 0 Å². The summed E-state index contributed by atoms with van der Waals surface area (Å²) in [5, 5.41) is 9.11. The Morgan fingerprint density at radius 3 is 2.79 bits per heavy atom. The van der Waals surface area contributed by atoms with Crippen LogP contribution in [0.1, 0.15) is 10.4 Å². The second-order valence-corrected chi connectivity index (χ2v) is 5.57. The van der Waals surface area contributed by atoms with E-state index in [0.717, 1.165) is 5.69 Å². The molecule has 1 aliphatic heterocycles. The monoisotopic (exact) mass is 280 g/mol. The molecule has 0 radical (unpaired) electrons. The number of nitrogens with zero attached hydrogens (tertiary/aromatic N) is 2. The molecular weight excluding hydrogens is 264 g/mol. The Bertz CT molecular complexity index is 504. The van der Waals surface area contributed by atoms with Gasteiger partial charge in [-0.05, 0) is 18.2 Å². The Kier molecular flexibility index (Phi) is 3.99. The van der Waals surface area contributed by atoms with E-state index in [2.05, 4.69) is 0 Å². The summed E-state index contributed by atoms with van der Waals surface area (Å²) in [6.45, 7) is 0. The van der Waals surface area contributed by atoms with E-state index in [1.807, 2.05) is 31.1 Å². The molecule has 1 heterocycles. The molecule has 1 amide bonds. The Labute approximate surface area is 116 Å². The van der Waals surface area contributed by atoms with Crippen LogP contribution in [-0.4, -0.2) is 53.6 Å². The SMILES string of the molecule is CN(C)c1cccc(C(=O)N2CSC[C@H]2C(=O)O)c1. The molecular formula is C13H16N2O3S. The van der Waals surface area contributed by atoms with Crippen LogP contribution in [0.15, 0.2) is 24.3 Å². The summed E-state index contributed by atoms with van der Waals surface area (Å²) in [5.74, 6) is -0.278. The number of carbonyl (C=O) groups excluding carboxylic acids is 1. The second kappa shape index (κ2) is 5.52. The highest BCUT2D eigenvalue weighted by Crippen LogP contribution is 2.24. The second-order valence-electron chi connectivity index (χ2n) is 4.57. The Hall–Kier alpha value is -1.69. The van der Waals surface area contributed by atoms with Crippen LogP contribution in [0.25, 0.3) is 0 Å². The van der Waals surface area contributed by atoms with Gasteiger partial charge in [0.2, 0.25) is 0 Å². The van der Waals surface area contributed by atoms with E-state index in [-0.39, 0.29) is 5.91 Å². The number of carboxylic acid groups (broad SMARTS) is 1. The number of carboxylic acids is 1. The molecule has 0 unspecified atom stereocenters. The first-order valence-corrected chi connectivity index (χ1v) is 7.05. The lowest BCUT2D eigenvalue weighted by Crippen LogP contribution is -2.41. The van der Waals surface area contributed by atoms with Gasteiger partial charge in [-0.2, -0.15) is 0 Å². The highest BCUT2D eigenvalue weighted by Gasteiger charge is 2.34. The van der Waals surface area contributed by atoms with Gasteiger partial charge in [0.15, 0.2) is 0 Å².